The zero-order valence-electron chi connectivity index (χ0n) is 11.1. The second-order valence-corrected chi connectivity index (χ2v) is 6.89. The van der Waals surface area contributed by atoms with Crippen LogP contribution in [0.1, 0.15) is 32.6 Å². The average molecular weight is 283 g/mol. The second-order valence-electron chi connectivity index (χ2n) is 5.36. The molecule has 0 aromatic heterocycles. The van der Waals surface area contributed by atoms with E-state index in [4.69, 9.17) is 10.9 Å². The van der Waals surface area contributed by atoms with Crippen molar-refractivity contribution in [1.82, 2.24) is 0 Å². The quantitative estimate of drug-likeness (QED) is 0.719. The molecule has 106 valence electrons. The van der Waals surface area contributed by atoms with Crippen molar-refractivity contribution < 1.29 is 8.42 Å². The summed E-state index contributed by atoms with van der Waals surface area (Å²) in [5.41, 5.74) is 7.15. The fraction of sp³-hybridized carbons (Fsp3) is 0.538. The second kappa shape index (κ2) is 5.02. The van der Waals surface area contributed by atoms with Crippen molar-refractivity contribution >= 4 is 21.4 Å². The molecule has 0 amide bonds. The van der Waals surface area contributed by atoms with Crippen LogP contribution in [0.5, 0.6) is 0 Å². The summed E-state index contributed by atoms with van der Waals surface area (Å²) in [7, 11) is -3.74. The predicted octanol–water partition coefficient (Wildman–Crippen LogP) is 1.91. The van der Waals surface area contributed by atoms with Crippen molar-refractivity contribution in [3.05, 3.63) is 18.2 Å². The number of anilines is 2. The first-order valence-electron chi connectivity index (χ1n) is 6.52. The van der Waals surface area contributed by atoms with Crippen LogP contribution in [0.25, 0.3) is 0 Å². The Morgan fingerprint density at radius 3 is 2.47 bits per heavy atom. The van der Waals surface area contributed by atoms with Gasteiger partial charge in [-0.25, -0.2) is 13.6 Å². The predicted molar refractivity (Wildman–Crippen MR) is 77.3 cm³/mol. The summed E-state index contributed by atoms with van der Waals surface area (Å²) in [5.74, 6) is 0. The Labute approximate surface area is 114 Å². The topological polar surface area (TPSA) is 98.2 Å². The van der Waals surface area contributed by atoms with Crippen molar-refractivity contribution in [1.29, 1.82) is 0 Å². The number of nitrogen functional groups attached to an aromatic ring is 1. The highest BCUT2D eigenvalue weighted by molar-refractivity contribution is 7.89. The molecule has 0 unspecified atom stereocenters. The van der Waals surface area contributed by atoms with Gasteiger partial charge in [0.1, 0.15) is 4.90 Å². The van der Waals surface area contributed by atoms with Crippen molar-refractivity contribution in [2.45, 2.75) is 37.5 Å². The summed E-state index contributed by atoms with van der Waals surface area (Å²) in [4.78, 5) is -0.0214. The van der Waals surface area contributed by atoms with E-state index in [0.29, 0.717) is 5.41 Å². The molecule has 5 nitrogen and oxygen atoms in total. The molecule has 2 rings (SSSR count). The minimum Gasteiger partial charge on any atom is -0.398 e. The van der Waals surface area contributed by atoms with E-state index in [0.717, 1.165) is 18.7 Å². The van der Waals surface area contributed by atoms with E-state index in [2.05, 4.69) is 12.2 Å². The Bertz CT molecular complexity index is 560. The molecule has 1 aromatic carbocycles. The smallest absolute Gasteiger partial charge is 0.240 e. The zero-order chi connectivity index (χ0) is 14.1. The third kappa shape index (κ3) is 3.01. The monoisotopic (exact) mass is 283 g/mol. The lowest BCUT2D eigenvalue weighted by Gasteiger charge is -2.41. The molecule has 1 fully saturated rings. The molecule has 5 N–H and O–H groups in total. The van der Waals surface area contributed by atoms with Gasteiger partial charge in [-0.1, -0.05) is 13.3 Å². The molecule has 1 aromatic rings. The third-order valence-corrected chi connectivity index (χ3v) is 5.13. The molecule has 0 heterocycles. The van der Waals surface area contributed by atoms with Crippen LogP contribution < -0.4 is 16.2 Å². The third-order valence-electron chi connectivity index (χ3n) is 4.15. The van der Waals surface area contributed by atoms with Crippen molar-refractivity contribution in [2.24, 2.45) is 10.6 Å². The summed E-state index contributed by atoms with van der Waals surface area (Å²) >= 11 is 0. The van der Waals surface area contributed by atoms with Crippen LogP contribution in [0, 0.1) is 5.41 Å². The van der Waals surface area contributed by atoms with Crippen LogP contribution >= 0.6 is 0 Å². The van der Waals surface area contributed by atoms with Gasteiger partial charge < -0.3 is 11.1 Å². The summed E-state index contributed by atoms with van der Waals surface area (Å²) in [6, 6.07) is 4.78. The minimum atomic E-state index is -3.74. The summed E-state index contributed by atoms with van der Waals surface area (Å²) in [5, 5.41) is 8.42. The van der Waals surface area contributed by atoms with Gasteiger partial charge in [0.2, 0.25) is 10.0 Å². The molecule has 0 bridgehead atoms. The molecular weight excluding hydrogens is 262 g/mol. The summed E-state index contributed by atoms with van der Waals surface area (Å²) in [6.45, 7) is 3.11. The first kappa shape index (κ1) is 14.1. The fourth-order valence-corrected chi connectivity index (χ4v) is 3.18. The van der Waals surface area contributed by atoms with Gasteiger partial charge in [0.15, 0.2) is 0 Å². The molecule has 1 saturated carbocycles. The van der Waals surface area contributed by atoms with Gasteiger partial charge in [-0.15, -0.1) is 0 Å². The van der Waals surface area contributed by atoms with Gasteiger partial charge in [-0.2, -0.15) is 0 Å². The van der Waals surface area contributed by atoms with Gasteiger partial charge in [-0.3, -0.25) is 0 Å². The van der Waals surface area contributed by atoms with Gasteiger partial charge in [0.25, 0.3) is 0 Å². The van der Waals surface area contributed by atoms with Gasteiger partial charge >= 0.3 is 0 Å². The highest BCUT2D eigenvalue weighted by atomic mass is 32.2. The molecule has 0 saturated heterocycles. The summed E-state index contributed by atoms with van der Waals surface area (Å²) < 4.78 is 22.5. The maximum absolute atomic E-state index is 11.3. The lowest BCUT2D eigenvalue weighted by Crippen LogP contribution is -2.35. The Morgan fingerprint density at radius 2 is 2.05 bits per heavy atom. The first-order chi connectivity index (χ1) is 8.86. The molecule has 1 aliphatic rings. The van der Waals surface area contributed by atoms with E-state index < -0.39 is 10.0 Å². The van der Waals surface area contributed by atoms with Crippen LogP contribution in [0.3, 0.4) is 0 Å². The number of primary sulfonamides is 1. The summed E-state index contributed by atoms with van der Waals surface area (Å²) in [6.07, 6.45) is 4.95. The maximum Gasteiger partial charge on any atom is 0.240 e. The molecule has 6 heteroatoms. The first-order valence-corrected chi connectivity index (χ1v) is 8.07. The molecule has 0 radical (unpaired) electrons. The van der Waals surface area contributed by atoms with E-state index in [9.17, 15) is 8.42 Å². The number of hydrogen-bond acceptors (Lipinski definition) is 4. The van der Waals surface area contributed by atoms with Gasteiger partial charge in [0, 0.05) is 12.2 Å². The van der Waals surface area contributed by atoms with E-state index in [1.54, 1.807) is 12.1 Å². The average Bonchev–Trinajstić information content (AvgIpc) is 2.26. The highest BCUT2D eigenvalue weighted by Gasteiger charge is 2.34. The van der Waals surface area contributed by atoms with Crippen molar-refractivity contribution in [3.8, 4) is 0 Å². The largest absolute Gasteiger partial charge is 0.398 e. The van der Waals surface area contributed by atoms with Crippen molar-refractivity contribution in [3.63, 3.8) is 0 Å². The normalized spacial score (nSPS) is 17.8. The number of nitrogens with two attached hydrogens (primary N) is 2. The van der Waals surface area contributed by atoms with E-state index >= 15 is 0 Å². The standard InChI is InChI=1S/C13H21N3O2S/c1-2-13(6-3-7-13)9-16-10-4-5-12(11(14)8-10)19(15,17)18/h4-5,8,16H,2-3,6-7,9,14H2,1H3,(H2,15,17,18). The van der Waals surface area contributed by atoms with Crippen LogP contribution in [0.4, 0.5) is 11.4 Å². The maximum atomic E-state index is 11.3. The van der Waals surface area contributed by atoms with Crippen molar-refractivity contribution in [2.75, 3.05) is 17.6 Å². The minimum absolute atomic E-state index is 0.0214. The van der Waals surface area contributed by atoms with Crippen LogP contribution in [-0.4, -0.2) is 15.0 Å². The molecule has 0 atom stereocenters. The van der Waals surface area contributed by atoms with E-state index in [-0.39, 0.29) is 10.6 Å². The van der Waals surface area contributed by atoms with Crippen LogP contribution in [0.2, 0.25) is 0 Å². The highest BCUT2D eigenvalue weighted by Crippen LogP contribution is 2.43. The van der Waals surface area contributed by atoms with Crippen LogP contribution in [0.15, 0.2) is 23.1 Å². The molecule has 0 aliphatic heterocycles. The molecular formula is C13H21N3O2S. The SMILES string of the molecule is CCC1(CNc2ccc(S(N)(=O)=O)c(N)c2)CCC1. The van der Waals surface area contributed by atoms with Gasteiger partial charge in [-0.05, 0) is 42.9 Å². The fourth-order valence-electron chi connectivity index (χ4n) is 2.54. The van der Waals surface area contributed by atoms with E-state index in [1.165, 1.54) is 25.3 Å². The number of nitrogens with one attached hydrogen (secondary N) is 1. The molecule has 0 spiro atoms. The number of rotatable bonds is 5. The Balaban J connectivity index is 2.09. The molecule has 1 aliphatic carbocycles. The number of benzene rings is 1. The lowest BCUT2D eigenvalue weighted by molar-refractivity contribution is 0.145. The van der Waals surface area contributed by atoms with Crippen LogP contribution in [-0.2, 0) is 10.0 Å². The number of hydrogen-bond donors (Lipinski definition) is 3. The Kier molecular flexibility index (Phi) is 3.73. The van der Waals surface area contributed by atoms with E-state index in [1.807, 2.05) is 0 Å². The number of sulfonamides is 1. The lowest BCUT2D eigenvalue weighted by atomic mass is 9.67. The Morgan fingerprint density at radius 1 is 1.37 bits per heavy atom. The van der Waals surface area contributed by atoms with Gasteiger partial charge in [0.05, 0.1) is 5.69 Å². The molecule has 19 heavy (non-hydrogen) atoms. The Hall–Kier alpha value is -1.27. The zero-order valence-corrected chi connectivity index (χ0v) is 12.0.